The number of hydrogen-bond donors (Lipinski definition) is 2. The fourth-order valence-corrected chi connectivity index (χ4v) is 2.77. The van der Waals surface area contributed by atoms with E-state index in [9.17, 15) is 9.90 Å². The zero-order chi connectivity index (χ0) is 14.5. The zero-order valence-corrected chi connectivity index (χ0v) is 13.1. The third kappa shape index (κ3) is 3.64. The summed E-state index contributed by atoms with van der Waals surface area (Å²) in [7, 11) is 1.51. The van der Waals surface area contributed by atoms with E-state index in [1.165, 1.54) is 7.11 Å². The summed E-state index contributed by atoms with van der Waals surface area (Å²) in [6.45, 7) is 3.21. The molecule has 1 heterocycles. The molecule has 1 aromatic rings. The number of methoxy groups -OCH3 is 1. The fourth-order valence-electron chi connectivity index (χ4n) is 2.29. The molecule has 0 radical (unpaired) electrons. The highest BCUT2D eigenvalue weighted by atomic mass is 79.9. The van der Waals surface area contributed by atoms with Crippen LogP contribution in [0.15, 0.2) is 16.6 Å². The number of nitrogens with one attached hydrogen (secondary N) is 1. The molecule has 2 N–H and O–H groups in total. The van der Waals surface area contributed by atoms with Crippen LogP contribution in [0.5, 0.6) is 11.5 Å². The molecular formula is C14H19BrN2O3. The summed E-state index contributed by atoms with van der Waals surface area (Å²) in [6.07, 6.45) is 0.900. The molecule has 1 aliphatic heterocycles. The number of ether oxygens (including phenoxy) is 1. The summed E-state index contributed by atoms with van der Waals surface area (Å²) in [5.41, 5.74) is 0.722. The van der Waals surface area contributed by atoms with Crippen molar-refractivity contribution in [1.82, 2.24) is 10.2 Å². The third-order valence-corrected chi connectivity index (χ3v) is 3.87. The van der Waals surface area contributed by atoms with Crippen LogP contribution in [0.2, 0.25) is 0 Å². The van der Waals surface area contributed by atoms with Gasteiger partial charge >= 0.3 is 0 Å². The number of phenols is 1. The molecule has 20 heavy (non-hydrogen) atoms. The van der Waals surface area contributed by atoms with Crippen LogP contribution in [0, 0.1) is 0 Å². The number of aromatic hydroxyl groups is 1. The van der Waals surface area contributed by atoms with Gasteiger partial charge in [-0.05, 0) is 24.1 Å². The molecule has 0 aliphatic carbocycles. The smallest absolute Gasteiger partial charge is 0.222 e. The highest BCUT2D eigenvalue weighted by molar-refractivity contribution is 9.10. The number of benzene rings is 1. The van der Waals surface area contributed by atoms with Crippen LogP contribution in [0.1, 0.15) is 12.0 Å². The van der Waals surface area contributed by atoms with Gasteiger partial charge in [-0.15, -0.1) is 0 Å². The Morgan fingerprint density at radius 1 is 1.45 bits per heavy atom. The van der Waals surface area contributed by atoms with Crippen LogP contribution in [0.3, 0.4) is 0 Å². The normalized spacial score (nSPS) is 15.2. The van der Waals surface area contributed by atoms with Crippen molar-refractivity contribution in [3.05, 3.63) is 22.2 Å². The van der Waals surface area contributed by atoms with Crippen molar-refractivity contribution in [3.8, 4) is 11.5 Å². The SMILES string of the molecule is COc1cc(Br)cc(CCC(=O)N2CCNCC2)c1O. The standard InChI is InChI=1S/C14H19BrN2O3/c1-20-12-9-11(15)8-10(14(12)19)2-3-13(18)17-6-4-16-5-7-17/h8-9,16,19H,2-7H2,1H3. The number of aryl methyl sites for hydroxylation is 1. The van der Waals surface area contributed by atoms with Crippen LogP contribution >= 0.6 is 15.9 Å². The van der Waals surface area contributed by atoms with E-state index in [1.807, 2.05) is 11.0 Å². The Hall–Kier alpha value is -1.27. The van der Waals surface area contributed by atoms with Crippen molar-refractivity contribution < 1.29 is 14.6 Å². The van der Waals surface area contributed by atoms with Gasteiger partial charge in [-0.25, -0.2) is 0 Å². The van der Waals surface area contributed by atoms with Gasteiger partial charge in [0.2, 0.25) is 5.91 Å². The number of hydrogen-bond acceptors (Lipinski definition) is 4. The molecule has 0 atom stereocenters. The summed E-state index contributed by atoms with van der Waals surface area (Å²) < 4.78 is 5.94. The summed E-state index contributed by atoms with van der Waals surface area (Å²) >= 11 is 3.38. The van der Waals surface area contributed by atoms with Gasteiger partial charge in [0, 0.05) is 37.1 Å². The quantitative estimate of drug-likeness (QED) is 0.870. The molecule has 1 fully saturated rings. The number of carbonyl (C=O) groups excluding carboxylic acids is 1. The van der Waals surface area contributed by atoms with Gasteiger partial charge in [0.25, 0.3) is 0 Å². The third-order valence-electron chi connectivity index (χ3n) is 3.42. The van der Waals surface area contributed by atoms with Gasteiger partial charge in [0.15, 0.2) is 11.5 Å². The number of amides is 1. The molecule has 110 valence electrons. The van der Waals surface area contributed by atoms with Crippen LogP contribution in [-0.4, -0.2) is 49.2 Å². The Labute approximate surface area is 127 Å². The lowest BCUT2D eigenvalue weighted by Gasteiger charge is -2.27. The minimum atomic E-state index is 0.115. The molecule has 5 nitrogen and oxygen atoms in total. The molecule has 1 aromatic carbocycles. The highest BCUT2D eigenvalue weighted by Gasteiger charge is 2.17. The first kappa shape index (κ1) is 15.1. The molecule has 0 unspecified atom stereocenters. The second-order valence-electron chi connectivity index (χ2n) is 4.75. The molecule has 6 heteroatoms. The first-order valence-corrected chi connectivity index (χ1v) is 7.45. The summed E-state index contributed by atoms with van der Waals surface area (Å²) in [5, 5.41) is 13.3. The monoisotopic (exact) mass is 342 g/mol. The molecule has 0 spiro atoms. The largest absolute Gasteiger partial charge is 0.504 e. The van der Waals surface area contributed by atoms with Crippen molar-refractivity contribution in [3.63, 3.8) is 0 Å². The van der Waals surface area contributed by atoms with E-state index in [1.54, 1.807) is 6.07 Å². The predicted octanol–water partition coefficient (Wildman–Crippen LogP) is 1.53. The molecule has 1 amide bonds. The first-order chi connectivity index (χ1) is 9.61. The highest BCUT2D eigenvalue weighted by Crippen LogP contribution is 2.34. The summed E-state index contributed by atoms with van der Waals surface area (Å²) in [6, 6.07) is 3.53. The van der Waals surface area contributed by atoms with E-state index in [2.05, 4.69) is 21.2 Å². The van der Waals surface area contributed by atoms with Crippen LogP contribution in [-0.2, 0) is 11.2 Å². The van der Waals surface area contributed by atoms with Crippen molar-refractivity contribution >= 4 is 21.8 Å². The number of phenolic OH excluding ortho intramolecular Hbond substituents is 1. The lowest BCUT2D eigenvalue weighted by Crippen LogP contribution is -2.46. The summed E-state index contributed by atoms with van der Waals surface area (Å²) in [5.74, 6) is 0.664. The molecule has 1 aliphatic rings. The van der Waals surface area contributed by atoms with Gasteiger partial charge in [-0.1, -0.05) is 15.9 Å². The number of nitrogens with zero attached hydrogens (tertiary/aromatic N) is 1. The Balaban J connectivity index is 1.99. The number of halogens is 1. The van der Waals surface area contributed by atoms with E-state index in [0.717, 1.165) is 36.2 Å². The molecule has 1 saturated heterocycles. The van der Waals surface area contributed by atoms with Gasteiger partial charge in [-0.2, -0.15) is 0 Å². The molecule has 0 saturated carbocycles. The average molecular weight is 343 g/mol. The Bertz CT molecular complexity index is 488. The van der Waals surface area contributed by atoms with Gasteiger partial charge in [0.1, 0.15) is 0 Å². The minimum Gasteiger partial charge on any atom is -0.504 e. The molecule has 0 bridgehead atoms. The lowest BCUT2D eigenvalue weighted by molar-refractivity contribution is -0.131. The van der Waals surface area contributed by atoms with Crippen molar-refractivity contribution in [1.29, 1.82) is 0 Å². The van der Waals surface area contributed by atoms with Crippen molar-refractivity contribution in [2.45, 2.75) is 12.8 Å². The van der Waals surface area contributed by atoms with Crippen molar-refractivity contribution in [2.75, 3.05) is 33.3 Å². The second-order valence-corrected chi connectivity index (χ2v) is 5.66. The van der Waals surface area contributed by atoms with Crippen LogP contribution in [0.4, 0.5) is 0 Å². The van der Waals surface area contributed by atoms with E-state index < -0.39 is 0 Å². The molecule has 0 aromatic heterocycles. The Morgan fingerprint density at radius 3 is 2.80 bits per heavy atom. The number of rotatable bonds is 4. The van der Waals surface area contributed by atoms with E-state index in [4.69, 9.17) is 4.74 Å². The van der Waals surface area contributed by atoms with Gasteiger partial charge in [-0.3, -0.25) is 4.79 Å². The van der Waals surface area contributed by atoms with E-state index >= 15 is 0 Å². The van der Waals surface area contributed by atoms with Gasteiger partial charge < -0.3 is 20.1 Å². The van der Waals surface area contributed by atoms with E-state index in [0.29, 0.717) is 18.6 Å². The first-order valence-electron chi connectivity index (χ1n) is 6.65. The Morgan fingerprint density at radius 2 is 2.15 bits per heavy atom. The Kier molecular flexibility index (Phi) is 5.25. The molecular weight excluding hydrogens is 324 g/mol. The minimum absolute atomic E-state index is 0.115. The van der Waals surface area contributed by atoms with Gasteiger partial charge in [0.05, 0.1) is 7.11 Å². The average Bonchev–Trinajstić information content (AvgIpc) is 2.48. The predicted molar refractivity (Wildman–Crippen MR) is 80.1 cm³/mol. The van der Waals surface area contributed by atoms with Crippen LogP contribution in [0.25, 0.3) is 0 Å². The summed E-state index contributed by atoms with van der Waals surface area (Å²) in [4.78, 5) is 14.0. The topological polar surface area (TPSA) is 61.8 Å². The number of piperazine rings is 1. The van der Waals surface area contributed by atoms with Crippen LogP contribution < -0.4 is 10.1 Å². The maximum atomic E-state index is 12.1. The maximum absolute atomic E-state index is 12.1. The lowest BCUT2D eigenvalue weighted by atomic mass is 10.1. The fraction of sp³-hybridized carbons (Fsp3) is 0.500. The second kappa shape index (κ2) is 6.95. The molecule has 2 rings (SSSR count). The zero-order valence-electron chi connectivity index (χ0n) is 11.5. The van der Waals surface area contributed by atoms with Crippen molar-refractivity contribution in [2.24, 2.45) is 0 Å². The van der Waals surface area contributed by atoms with E-state index in [-0.39, 0.29) is 11.7 Å². The maximum Gasteiger partial charge on any atom is 0.222 e. The number of carbonyl (C=O) groups is 1.